The van der Waals surface area contributed by atoms with Crippen LogP contribution in [-0.4, -0.2) is 45.5 Å². The van der Waals surface area contributed by atoms with E-state index in [1.54, 1.807) is 19.5 Å². The normalized spacial score (nSPS) is 12.4. The van der Waals surface area contributed by atoms with Crippen LogP contribution in [0.1, 0.15) is 18.6 Å². The summed E-state index contributed by atoms with van der Waals surface area (Å²) in [4.78, 5) is 12.0. The van der Waals surface area contributed by atoms with Crippen LogP contribution in [0.4, 0.5) is 0 Å². The maximum atomic E-state index is 6.29. The molecule has 0 aliphatic carbocycles. The third kappa shape index (κ3) is 4.40. The van der Waals surface area contributed by atoms with Crippen LogP contribution in [0.3, 0.4) is 0 Å². The molecule has 10 heteroatoms. The summed E-state index contributed by atoms with van der Waals surface area (Å²) in [5.74, 6) is 2.03. The molecule has 3 heterocycles. The van der Waals surface area contributed by atoms with E-state index in [0.29, 0.717) is 46.1 Å². The molecule has 0 saturated heterocycles. The Kier molecular flexibility index (Phi) is 6.28. The van der Waals surface area contributed by atoms with E-state index in [9.17, 15) is 0 Å². The fourth-order valence-electron chi connectivity index (χ4n) is 3.75. The Labute approximate surface area is 205 Å². The lowest BCUT2D eigenvalue weighted by atomic mass is 10.1. The van der Waals surface area contributed by atoms with E-state index in [-0.39, 0.29) is 6.10 Å². The van der Waals surface area contributed by atoms with Gasteiger partial charge < -0.3 is 19.2 Å². The molecule has 0 saturated carbocycles. The lowest BCUT2D eigenvalue weighted by Crippen LogP contribution is -2.05. The van der Waals surface area contributed by atoms with Gasteiger partial charge in [0, 0.05) is 36.5 Å². The summed E-state index contributed by atoms with van der Waals surface area (Å²) in [5.41, 5.74) is 3.90. The average molecular weight is 498 g/mol. The van der Waals surface area contributed by atoms with Crippen molar-refractivity contribution < 1.29 is 14.2 Å². The van der Waals surface area contributed by atoms with Gasteiger partial charge >= 0.3 is 0 Å². The lowest BCUT2D eigenvalue weighted by Gasteiger charge is -2.17. The Hall–Kier alpha value is -3.33. The van der Waals surface area contributed by atoms with Crippen molar-refractivity contribution >= 4 is 45.1 Å². The van der Waals surface area contributed by atoms with Crippen LogP contribution in [0, 0.1) is 0 Å². The summed E-state index contributed by atoms with van der Waals surface area (Å²) < 4.78 is 16.9. The van der Waals surface area contributed by atoms with E-state index in [1.807, 2.05) is 43.3 Å². The van der Waals surface area contributed by atoms with Crippen LogP contribution >= 0.6 is 23.2 Å². The van der Waals surface area contributed by atoms with Gasteiger partial charge in [-0.3, -0.25) is 10.1 Å². The second kappa shape index (κ2) is 9.50. The highest BCUT2D eigenvalue weighted by Crippen LogP contribution is 2.35. The molecule has 0 fully saturated rings. The summed E-state index contributed by atoms with van der Waals surface area (Å²) in [7, 11) is 1.64. The van der Waals surface area contributed by atoms with Gasteiger partial charge in [0.05, 0.1) is 33.2 Å². The monoisotopic (exact) mass is 497 g/mol. The molecule has 0 spiro atoms. The first kappa shape index (κ1) is 22.5. The topological polar surface area (TPSA) is 97.9 Å². The number of halogens is 2. The number of imidazole rings is 1. The largest absolute Gasteiger partial charge is 0.491 e. The predicted octanol–water partition coefficient (Wildman–Crippen LogP) is 5.97. The number of fused-ring (bicyclic) bond motifs is 2. The molecular formula is C24H21Cl2N5O3. The SMILES string of the molecule is COCCOc1ccc2nc(-c3n[nH]c4ccc(OC(C)c5c(Cl)cncc5Cl)cc34)[nH]c2c1. The highest BCUT2D eigenvalue weighted by molar-refractivity contribution is 6.35. The van der Waals surface area contributed by atoms with Gasteiger partial charge in [-0.2, -0.15) is 5.10 Å². The van der Waals surface area contributed by atoms with Crippen LogP contribution < -0.4 is 9.47 Å². The quantitative estimate of drug-likeness (QED) is 0.256. The Bertz CT molecular complexity index is 1450. The van der Waals surface area contributed by atoms with E-state index in [1.165, 1.54) is 0 Å². The summed E-state index contributed by atoms with van der Waals surface area (Å²) in [5, 5.41) is 9.31. The summed E-state index contributed by atoms with van der Waals surface area (Å²) in [6.45, 7) is 2.89. The number of methoxy groups -OCH3 is 1. The maximum absolute atomic E-state index is 6.29. The second-order valence-corrected chi connectivity index (χ2v) is 8.48. The summed E-state index contributed by atoms with van der Waals surface area (Å²) >= 11 is 12.6. The highest BCUT2D eigenvalue weighted by Gasteiger charge is 2.18. The zero-order valence-electron chi connectivity index (χ0n) is 18.4. The highest BCUT2D eigenvalue weighted by atomic mass is 35.5. The number of aromatic nitrogens is 5. The lowest BCUT2D eigenvalue weighted by molar-refractivity contribution is 0.146. The number of nitrogens with zero attached hydrogens (tertiary/aromatic N) is 3. The maximum Gasteiger partial charge on any atom is 0.159 e. The Morgan fingerprint density at radius 3 is 2.56 bits per heavy atom. The van der Waals surface area contributed by atoms with Crippen molar-refractivity contribution in [3.05, 3.63) is 64.4 Å². The fraction of sp³-hybridized carbons (Fsp3) is 0.208. The van der Waals surface area contributed by atoms with Gasteiger partial charge in [0.25, 0.3) is 0 Å². The van der Waals surface area contributed by atoms with Crippen molar-refractivity contribution in [1.29, 1.82) is 0 Å². The molecule has 1 atom stereocenters. The van der Waals surface area contributed by atoms with E-state index < -0.39 is 0 Å². The van der Waals surface area contributed by atoms with Crippen molar-refractivity contribution in [3.63, 3.8) is 0 Å². The zero-order valence-corrected chi connectivity index (χ0v) is 19.9. The van der Waals surface area contributed by atoms with Gasteiger partial charge in [0.2, 0.25) is 0 Å². The number of hydrogen-bond donors (Lipinski definition) is 2. The van der Waals surface area contributed by atoms with Gasteiger partial charge in [-0.05, 0) is 37.3 Å². The molecular weight excluding hydrogens is 477 g/mol. The number of benzene rings is 2. The van der Waals surface area contributed by atoms with Crippen LogP contribution in [-0.2, 0) is 4.74 Å². The molecule has 1 unspecified atom stereocenters. The van der Waals surface area contributed by atoms with Crippen LogP contribution in [0.5, 0.6) is 11.5 Å². The number of nitrogens with one attached hydrogen (secondary N) is 2. The molecule has 0 aliphatic heterocycles. The fourth-order valence-corrected chi connectivity index (χ4v) is 4.43. The van der Waals surface area contributed by atoms with Crippen molar-refractivity contribution in [1.82, 2.24) is 25.1 Å². The molecule has 8 nitrogen and oxygen atoms in total. The third-order valence-corrected chi connectivity index (χ3v) is 5.98. The second-order valence-electron chi connectivity index (χ2n) is 7.66. The van der Waals surface area contributed by atoms with Crippen molar-refractivity contribution in [2.75, 3.05) is 20.3 Å². The standard InChI is InChI=1S/C24H21Cl2N5O3/c1-13(22-17(25)11-27-12-18(22)26)34-15-4-5-19-16(9-15)23(31-30-19)24-28-20-6-3-14(10-21(20)29-24)33-8-7-32-2/h3-6,9-13H,7-8H2,1-2H3,(H,28,29)(H,30,31). The molecule has 0 radical (unpaired) electrons. The molecule has 0 bridgehead atoms. The van der Waals surface area contributed by atoms with E-state index in [2.05, 4.69) is 20.2 Å². The molecule has 2 N–H and O–H groups in total. The number of aromatic amines is 2. The molecule has 3 aromatic heterocycles. The molecule has 34 heavy (non-hydrogen) atoms. The minimum absolute atomic E-state index is 0.376. The number of ether oxygens (including phenoxy) is 3. The van der Waals surface area contributed by atoms with Gasteiger partial charge in [-0.15, -0.1) is 0 Å². The average Bonchev–Trinajstić information content (AvgIpc) is 3.42. The van der Waals surface area contributed by atoms with Crippen molar-refractivity contribution in [3.8, 4) is 23.0 Å². The number of H-pyrrole nitrogens is 2. The van der Waals surface area contributed by atoms with Crippen LogP contribution in [0.2, 0.25) is 10.0 Å². The minimum atomic E-state index is -0.376. The van der Waals surface area contributed by atoms with Crippen molar-refractivity contribution in [2.24, 2.45) is 0 Å². The van der Waals surface area contributed by atoms with Gasteiger partial charge in [0.1, 0.15) is 29.9 Å². The summed E-state index contributed by atoms with van der Waals surface area (Å²) in [6.07, 6.45) is 2.73. The van der Waals surface area contributed by atoms with Gasteiger partial charge in [-0.1, -0.05) is 23.2 Å². The Morgan fingerprint density at radius 1 is 0.971 bits per heavy atom. The smallest absolute Gasteiger partial charge is 0.159 e. The number of hydrogen-bond acceptors (Lipinski definition) is 6. The first-order valence-electron chi connectivity index (χ1n) is 10.6. The molecule has 0 aliphatic rings. The molecule has 5 aromatic rings. The van der Waals surface area contributed by atoms with Gasteiger partial charge in [0.15, 0.2) is 5.82 Å². The molecule has 5 rings (SSSR count). The van der Waals surface area contributed by atoms with Crippen LogP contribution in [0.25, 0.3) is 33.5 Å². The number of pyridine rings is 1. The van der Waals surface area contributed by atoms with Gasteiger partial charge in [-0.25, -0.2) is 4.98 Å². The Balaban J connectivity index is 1.44. The van der Waals surface area contributed by atoms with E-state index >= 15 is 0 Å². The first-order chi connectivity index (χ1) is 16.5. The Morgan fingerprint density at radius 2 is 1.76 bits per heavy atom. The minimum Gasteiger partial charge on any atom is -0.491 e. The zero-order chi connectivity index (χ0) is 23.7. The van der Waals surface area contributed by atoms with E-state index in [4.69, 9.17) is 42.4 Å². The molecule has 174 valence electrons. The summed E-state index contributed by atoms with van der Waals surface area (Å²) in [6, 6.07) is 11.4. The third-order valence-electron chi connectivity index (χ3n) is 5.38. The molecule has 0 amide bonds. The predicted molar refractivity (Wildman–Crippen MR) is 132 cm³/mol. The van der Waals surface area contributed by atoms with Crippen molar-refractivity contribution in [2.45, 2.75) is 13.0 Å². The van der Waals surface area contributed by atoms with E-state index in [0.717, 1.165) is 27.7 Å². The molecule has 2 aromatic carbocycles. The first-order valence-corrected chi connectivity index (χ1v) is 11.3. The van der Waals surface area contributed by atoms with Crippen LogP contribution in [0.15, 0.2) is 48.8 Å². The number of rotatable bonds is 8.